The number of nitrogens with two attached hydrogens (primary N) is 1. The van der Waals surface area contributed by atoms with Crippen LogP contribution in [-0.2, 0) is 16.1 Å². The summed E-state index contributed by atoms with van der Waals surface area (Å²) < 4.78 is 10.5. The van der Waals surface area contributed by atoms with E-state index in [1.54, 1.807) is 12.0 Å². The van der Waals surface area contributed by atoms with E-state index in [1.807, 2.05) is 31.2 Å². The van der Waals surface area contributed by atoms with Gasteiger partial charge in [-0.25, -0.2) is 0 Å². The highest BCUT2D eigenvalue weighted by atomic mass is 16.5. The van der Waals surface area contributed by atoms with Gasteiger partial charge < -0.3 is 20.1 Å². The Morgan fingerprint density at radius 3 is 2.74 bits per heavy atom. The molecule has 2 rings (SSSR count). The van der Waals surface area contributed by atoms with Crippen molar-refractivity contribution in [2.24, 2.45) is 5.73 Å². The molecule has 1 aromatic carbocycles. The Morgan fingerprint density at radius 1 is 1.47 bits per heavy atom. The molecule has 1 aliphatic rings. The quantitative estimate of drug-likeness (QED) is 0.872. The topological polar surface area (TPSA) is 64.8 Å². The maximum Gasteiger partial charge on any atom is 0.248 e. The zero-order valence-corrected chi connectivity index (χ0v) is 11.3. The van der Waals surface area contributed by atoms with Crippen LogP contribution in [-0.4, -0.2) is 43.2 Å². The molecule has 0 radical (unpaired) electrons. The number of amides is 1. The summed E-state index contributed by atoms with van der Waals surface area (Å²) in [5.41, 5.74) is 6.90. The number of nitrogens with zero attached hydrogens (tertiary/aromatic N) is 1. The second-order valence-electron chi connectivity index (χ2n) is 4.83. The molecule has 0 bridgehead atoms. The van der Waals surface area contributed by atoms with Crippen molar-refractivity contribution in [3.63, 3.8) is 0 Å². The number of hydrogen-bond acceptors (Lipinski definition) is 4. The van der Waals surface area contributed by atoms with Crippen LogP contribution in [0.2, 0.25) is 0 Å². The number of benzene rings is 1. The zero-order chi connectivity index (χ0) is 13.8. The first-order valence-electron chi connectivity index (χ1n) is 6.38. The van der Waals surface area contributed by atoms with Crippen molar-refractivity contribution in [1.29, 1.82) is 0 Å². The zero-order valence-electron chi connectivity index (χ0n) is 11.3. The average molecular weight is 264 g/mol. The fraction of sp³-hybridized carbons (Fsp3) is 0.500. The van der Waals surface area contributed by atoms with Crippen molar-refractivity contribution in [3.05, 3.63) is 29.8 Å². The van der Waals surface area contributed by atoms with Gasteiger partial charge in [0.15, 0.2) is 0 Å². The van der Waals surface area contributed by atoms with Crippen LogP contribution in [0.1, 0.15) is 12.5 Å². The van der Waals surface area contributed by atoms with Crippen LogP contribution in [0.15, 0.2) is 24.3 Å². The Balaban J connectivity index is 2.01. The number of ether oxygens (including phenoxy) is 2. The van der Waals surface area contributed by atoms with Gasteiger partial charge in [0.25, 0.3) is 0 Å². The van der Waals surface area contributed by atoms with Gasteiger partial charge in [0, 0.05) is 19.1 Å². The largest absolute Gasteiger partial charge is 0.497 e. The number of morpholine rings is 1. The third kappa shape index (κ3) is 3.45. The normalized spacial score (nSPS) is 21.3. The van der Waals surface area contributed by atoms with E-state index < -0.39 is 0 Å². The summed E-state index contributed by atoms with van der Waals surface area (Å²) >= 11 is 0. The summed E-state index contributed by atoms with van der Waals surface area (Å²) in [7, 11) is 1.63. The second kappa shape index (κ2) is 6.04. The fourth-order valence-electron chi connectivity index (χ4n) is 2.06. The maximum absolute atomic E-state index is 11.8. The van der Waals surface area contributed by atoms with Gasteiger partial charge in [0.2, 0.25) is 5.91 Å². The lowest BCUT2D eigenvalue weighted by atomic mass is 10.1. The molecule has 1 heterocycles. The number of methoxy groups -OCH3 is 1. The number of hydrogen-bond donors (Lipinski definition) is 1. The van der Waals surface area contributed by atoms with Crippen molar-refractivity contribution in [3.8, 4) is 5.75 Å². The summed E-state index contributed by atoms with van der Waals surface area (Å²) in [5.74, 6) is 0.818. The third-order valence-electron chi connectivity index (χ3n) is 3.29. The lowest BCUT2D eigenvalue weighted by molar-refractivity contribution is -0.150. The SMILES string of the molecule is COc1ccc(CN2C[C@H](C(C)N)OCC2=O)cc1. The predicted molar refractivity (Wildman–Crippen MR) is 71.8 cm³/mol. The molecule has 0 saturated carbocycles. The standard InChI is InChI=1S/C14H20N2O3/c1-10(15)13-8-16(14(17)9-19-13)7-11-3-5-12(18-2)6-4-11/h3-6,10,13H,7-9,15H2,1-2H3/t10?,13-/m1/s1. The molecule has 19 heavy (non-hydrogen) atoms. The van der Waals surface area contributed by atoms with Crippen molar-refractivity contribution < 1.29 is 14.3 Å². The molecule has 0 aliphatic carbocycles. The third-order valence-corrected chi connectivity index (χ3v) is 3.29. The van der Waals surface area contributed by atoms with Crippen LogP contribution in [0, 0.1) is 0 Å². The van der Waals surface area contributed by atoms with E-state index in [0.29, 0.717) is 13.1 Å². The van der Waals surface area contributed by atoms with E-state index in [0.717, 1.165) is 11.3 Å². The lowest BCUT2D eigenvalue weighted by Gasteiger charge is -2.34. The van der Waals surface area contributed by atoms with Gasteiger partial charge in [-0.05, 0) is 24.6 Å². The summed E-state index contributed by atoms with van der Waals surface area (Å²) in [4.78, 5) is 13.6. The molecule has 5 nitrogen and oxygen atoms in total. The first-order chi connectivity index (χ1) is 9.10. The molecule has 2 N–H and O–H groups in total. The first-order valence-corrected chi connectivity index (χ1v) is 6.38. The van der Waals surface area contributed by atoms with Crippen LogP contribution in [0.4, 0.5) is 0 Å². The molecule has 1 saturated heterocycles. The van der Waals surface area contributed by atoms with E-state index in [2.05, 4.69) is 0 Å². The van der Waals surface area contributed by atoms with Crippen LogP contribution in [0.3, 0.4) is 0 Å². The molecule has 1 aliphatic heterocycles. The molecule has 1 fully saturated rings. The van der Waals surface area contributed by atoms with E-state index in [9.17, 15) is 4.79 Å². The Bertz CT molecular complexity index is 431. The van der Waals surface area contributed by atoms with E-state index in [1.165, 1.54) is 0 Å². The smallest absolute Gasteiger partial charge is 0.248 e. The second-order valence-corrected chi connectivity index (χ2v) is 4.83. The summed E-state index contributed by atoms with van der Waals surface area (Å²) in [6.07, 6.45) is -0.0871. The van der Waals surface area contributed by atoms with Gasteiger partial charge in [0.05, 0.1) is 13.2 Å². The van der Waals surface area contributed by atoms with Crippen LogP contribution >= 0.6 is 0 Å². The molecule has 0 spiro atoms. The Hall–Kier alpha value is -1.59. The first kappa shape index (κ1) is 13.8. The van der Waals surface area contributed by atoms with Gasteiger partial charge in [-0.1, -0.05) is 12.1 Å². The highest BCUT2D eigenvalue weighted by Gasteiger charge is 2.28. The van der Waals surface area contributed by atoms with Crippen LogP contribution < -0.4 is 10.5 Å². The lowest BCUT2D eigenvalue weighted by Crippen LogP contribution is -2.51. The Morgan fingerprint density at radius 2 is 2.16 bits per heavy atom. The molecule has 5 heteroatoms. The van der Waals surface area contributed by atoms with E-state index in [4.69, 9.17) is 15.2 Å². The minimum Gasteiger partial charge on any atom is -0.497 e. The highest BCUT2D eigenvalue weighted by Crippen LogP contribution is 2.16. The molecule has 2 atom stereocenters. The van der Waals surface area contributed by atoms with Gasteiger partial charge in [-0.15, -0.1) is 0 Å². The van der Waals surface area contributed by atoms with Crippen molar-refractivity contribution in [2.45, 2.75) is 25.6 Å². The van der Waals surface area contributed by atoms with Crippen LogP contribution in [0.25, 0.3) is 0 Å². The summed E-state index contributed by atoms with van der Waals surface area (Å²) in [5, 5.41) is 0. The maximum atomic E-state index is 11.8. The highest BCUT2D eigenvalue weighted by molar-refractivity contribution is 5.78. The monoisotopic (exact) mass is 264 g/mol. The molecule has 1 amide bonds. The van der Waals surface area contributed by atoms with Gasteiger partial charge >= 0.3 is 0 Å². The van der Waals surface area contributed by atoms with Gasteiger partial charge in [-0.3, -0.25) is 4.79 Å². The van der Waals surface area contributed by atoms with Crippen molar-refractivity contribution in [2.75, 3.05) is 20.3 Å². The summed E-state index contributed by atoms with van der Waals surface area (Å²) in [6, 6.07) is 7.63. The Labute approximate surface area is 113 Å². The van der Waals surface area contributed by atoms with Crippen molar-refractivity contribution >= 4 is 5.91 Å². The number of carbonyl (C=O) groups is 1. The molecular weight excluding hydrogens is 244 g/mol. The average Bonchev–Trinajstić information content (AvgIpc) is 2.42. The van der Waals surface area contributed by atoms with E-state index in [-0.39, 0.29) is 24.7 Å². The Kier molecular flexibility index (Phi) is 4.39. The predicted octanol–water partition coefficient (Wildman–Crippen LogP) is 0.770. The molecule has 1 unspecified atom stereocenters. The van der Waals surface area contributed by atoms with Gasteiger partial charge in [0.1, 0.15) is 12.4 Å². The molecular formula is C14H20N2O3. The minimum atomic E-state index is -0.0871. The molecule has 1 aromatic rings. The summed E-state index contributed by atoms with van der Waals surface area (Å²) in [6.45, 7) is 3.13. The van der Waals surface area contributed by atoms with Crippen molar-refractivity contribution in [1.82, 2.24) is 4.90 Å². The molecule has 104 valence electrons. The minimum absolute atomic E-state index is 0.00715. The fourth-order valence-corrected chi connectivity index (χ4v) is 2.06. The number of rotatable bonds is 4. The van der Waals surface area contributed by atoms with Crippen LogP contribution in [0.5, 0.6) is 5.75 Å². The number of carbonyl (C=O) groups excluding carboxylic acids is 1. The van der Waals surface area contributed by atoms with Gasteiger partial charge in [-0.2, -0.15) is 0 Å². The molecule has 0 aromatic heterocycles. The van der Waals surface area contributed by atoms with E-state index >= 15 is 0 Å².